The zero-order valence-corrected chi connectivity index (χ0v) is 18.7. The number of thiophene rings is 1. The van der Waals surface area contributed by atoms with Crippen molar-refractivity contribution in [3.63, 3.8) is 0 Å². The number of carbonyl (C=O) groups excluding carboxylic acids is 2. The molecule has 160 valence electrons. The first-order chi connectivity index (χ1) is 15.6. The molecule has 8 heteroatoms. The third-order valence-electron chi connectivity index (χ3n) is 5.05. The second kappa shape index (κ2) is 8.64. The van der Waals surface area contributed by atoms with Gasteiger partial charge in [-0.15, -0.1) is 11.3 Å². The molecular weight excluding hydrogens is 444 g/mol. The van der Waals surface area contributed by atoms with Crippen LogP contribution in [-0.4, -0.2) is 22.7 Å². The highest BCUT2D eigenvalue weighted by atomic mass is 32.2. The van der Waals surface area contributed by atoms with Crippen LogP contribution in [0.4, 0.5) is 4.79 Å². The van der Waals surface area contributed by atoms with Crippen LogP contribution in [0, 0.1) is 6.92 Å². The third kappa shape index (κ3) is 4.06. The summed E-state index contributed by atoms with van der Waals surface area (Å²) in [7, 11) is 0. The maximum atomic E-state index is 11.9. The molecule has 2 aromatic heterocycles. The number of nitrogens with zero attached hydrogens (tertiary/aromatic N) is 1. The quantitative estimate of drug-likeness (QED) is 0.364. The van der Waals surface area contributed by atoms with Gasteiger partial charge in [-0.25, -0.2) is 4.98 Å². The number of aromatic nitrogens is 1. The Balaban J connectivity index is 1.31. The topological polar surface area (TPSA) is 81.4 Å². The van der Waals surface area contributed by atoms with E-state index in [1.54, 1.807) is 17.4 Å². The zero-order chi connectivity index (χ0) is 22.1. The van der Waals surface area contributed by atoms with Gasteiger partial charge in [0.2, 0.25) is 5.89 Å². The number of benzene rings is 2. The number of hydrogen-bond donors (Lipinski definition) is 1. The van der Waals surface area contributed by atoms with Crippen molar-refractivity contribution < 1.29 is 18.7 Å². The minimum atomic E-state index is -0.358. The summed E-state index contributed by atoms with van der Waals surface area (Å²) in [5.41, 5.74) is 2.71. The van der Waals surface area contributed by atoms with E-state index in [1.807, 2.05) is 60.8 Å². The maximum Gasteiger partial charge on any atom is 0.290 e. The standard InChI is InChI=1S/C24H18N2O4S2/c1-14-18(25-23(30-14)15-5-3-2-4-6-15)9-11-29-19-8-7-16(21-17(19)10-12-31-21)13-20-22(27)26-24(28)32-20/h2-8,10,12-13H,9,11H2,1H3,(H,26,27,28). The Kier molecular flexibility index (Phi) is 5.55. The number of oxazole rings is 1. The summed E-state index contributed by atoms with van der Waals surface area (Å²) < 4.78 is 12.9. The molecule has 1 aliphatic rings. The zero-order valence-electron chi connectivity index (χ0n) is 17.1. The van der Waals surface area contributed by atoms with Crippen LogP contribution in [0.5, 0.6) is 5.75 Å². The highest BCUT2D eigenvalue weighted by Gasteiger charge is 2.25. The van der Waals surface area contributed by atoms with E-state index >= 15 is 0 Å². The normalized spacial score (nSPS) is 15.0. The van der Waals surface area contributed by atoms with E-state index in [0.717, 1.165) is 50.2 Å². The van der Waals surface area contributed by atoms with Crippen molar-refractivity contribution >= 4 is 50.4 Å². The van der Waals surface area contributed by atoms with Crippen LogP contribution >= 0.6 is 23.1 Å². The predicted molar refractivity (Wildman–Crippen MR) is 127 cm³/mol. The number of imide groups is 1. The molecule has 1 aliphatic heterocycles. The van der Waals surface area contributed by atoms with Crippen molar-refractivity contribution in [3.8, 4) is 17.2 Å². The van der Waals surface area contributed by atoms with Gasteiger partial charge in [0.05, 0.1) is 17.2 Å². The molecule has 3 heterocycles. The van der Waals surface area contributed by atoms with Gasteiger partial charge in [0, 0.05) is 22.1 Å². The number of fused-ring (bicyclic) bond motifs is 1. The van der Waals surface area contributed by atoms with E-state index in [9.17, 15) is 9.59 Å². The van der Waals surface area contributed by atoms with Crippen LogP contribution in [0.25, 0.3) is 27.6 Å². The van der Waals surface area contributed by atoms with Gasteiger partial charge in [-0.3, -0.25) is 14.9 Å². The van der Waals surface area contributed by atoms with Gasteiger partial charge < -0.3 is 9.15 Å². The summed E-state index contributed by atoms with van der Waals surface area (Å²) >= 11 is 2.49. The molecule has 2 amide bonds. The first-order valence-corrected chi connectivity index (χ1v) is 11.7. The lowest BCUT2D eigenvalue weighted by Crippen LogP contribution is -2.17. The van der Waals surface area contributed by atoms with E-state index in [-0.39, 0.29) is 11.1 Å². The van der Waals surface area contributed by atoms with E-state index in [0.29, 0.717) is 23.8 Å². The minimum absolute atomic E-state index is 0.345. The summed E-state index contributed by atoms with van der Waals surface area (Å²) in [5, 5.41) is 4.90. The van der Waals surface area contributed by atoms with Crippen molar-refractivity contribution in [2.24, 2.45) is 0 Å². The Morgan fingerprint density at radius 1 is 1.12 bits per heavy atom. The highest BCUT2D eigenvalue weighted by molar-refractivity contribution is 8.18. The molecular formula is C24H18N2O4S2. The number of hydrogen-bond acceptors (Lipinski definition) is 7. The monoisotopic (exact) mass is 462 g/mol. The predicted octanol–water partition coefficient (Wildman–Crippen LogP) is 5.81. The van der Waals surface area contributed by atoms with Crippen molar-refractivity contribution in [2.45, 2.75) is 13.3 Å². The molecule has 5 rings (SSSR count). The lowest BCUT2D eigenvalue weighted by atomic mass is 10.1. The van der Waals surface area contributed by atoms with Crippen molar-refractivity contribution in [1.29, 1.82) is 0 Å². The lowest BCUT2D eigenvalue weighted by Gasteiger charge is -2.08. The van der Waals surface area contributed by atoms with Crippen LogP contribution in [-0.2, 0) is 11.2 Å². The van der Waals surface area contributed by atoms with Gasteiger partial charge in [-0.05, 0) is 66.0 Å². The molecule has 32 heavy (non-hydrogen) atoms. The van der Waals surface area contributed by atoms with Crippen molar-refractivity contribution in [3.05, 3.63) is 75.8 Å². The fourth-order valence-corrected chi connectivity index (χ4v) is 5.05. The fraction of sp³-hybridized carbons (Fsp3) is 0.125. The molecule has 0 aliphatic carbocycles. The molecule has 0 atom stereocenters. The van der Waals surface area contributed by atoms with Crippen LogP contribution < -0.4 is 10.1 Å². The molecule has 0 unspecified atom stereocenters. The first-order valence-electron chi connectivity index (χ1n) is 9.98. The molecule has 4 aromatic rings. The van der Waals surface area contributed by atoms with Gasteiger partial charge in [-0.1, -0.05) is 18.2 Å². The molecule has 1 saturated heterocycles. The van der Waals surface area contributed by atoms with Crippen LogP contribution in [0.1, 0.15) is 17.0 Å². The number of carbonyl (C=O) groups is 2. The summed E-state index contributed by atoms with van der Waals surface area (Å²) in [6, 6.07) is 15.6. The Hall–Kier alpha value is -3.36. The fourth-order valence-electron chi connectivity index (χ4n) is 3.48. The van der Waals surface area contributed by atoms with E-state index in [1.165, 1.54) is 0 Å². The number of ether oxygens (including phenoxy) is 1. The van der Waals surface area contributed by atoms with Gasteiger partial charge >= 0.3 is 0 Å². The number of nitrogens with one attached hydrogen (secondary N) is 1. The Labute approximate surface area is 192 Å². The minimum Gasteiger partial charge on any atom is -0.493 e. The Bertz CT molecular complexity index is 1360. The SMILES string of the molecule is Cc1oc(-c2ccccc2)nc1CCOc1ccc(C=C2SC(=O)NC2=O)c2sccc12. The summed E-state index contributed by atoms with van der Waals surface area (Å²) in [6.07, 6.45) is 2.37. The summed E-state index contributed by atoms with van der Waals surface area (Å²) in [5.74, 6) is 1.82. The van der Waals surface area contributed by atoms with Crippen LogP contribution in [0.15, 0.2) is 63.2 Å². The average Bonchev–Trinajstić information content (AvgIpc) is 3.50. The largest absolute Gasteiger partial charge is 0.493 e. The molecule has 2 aromatic carbocycles. The Morgan fingerprint density at radius 3 is 2.75 bits per heavy atom. The van der Waals surface area contributed by atoms with Gasteiger partial charge in [0.1, 0.15) is 11.5 Å². The Morgan fingerprint density at radius 2 is 1.97 bits per heavy atom. The first kappa shape index (κ1) is 20.5. The second-order valence-corrected chi connectivity index (χ2v) is 9.09. The van der Waals surface area contributed by atoms with E-state index < -0.39 is 0 Å². The van der Waals surface area contributed by atoms with Crippen molar-refractivity contribution in [2.75, 3.05) is 6.61 Å². The van der Waals surface area contributed by atoms with Crippen LogP contribution in [0.2, 0.25) is 0 Å². The molecule has 0 bridgehead atoms. The van der Waals surface area contributed by atoms with Crippen LogP contribution in [0.3, 0.4) is 0 Å². The van der Waals surface area contributed by atoms with Gasteiger partial charge in [-0.2, -0.15) is 0 Å². The van der Waals surface area contributed by atoms with E-state index in [2.05, 4.69) is 10.3 Å². The lowest BCUT2D eigenvalue weighted by molar-refractivity contribution is -0.115. The number of aryl methyl sites for hydroxylation is 1. The second-order valence-electron chi connectivity index (χ2n) is 7.15. The highest BCUT2D eigenvalue weighted by Crippen LogP contribution is 2.36. The average molecular weight is 463 g/mol. The molecule has 6 nitrogen and oxygen atoms in total. The maximum absolute atomic E-state index is 11.9. The molecule has 0 saturated carbocycles. The smallest absolute Gasteiger partial charge is 0.290 e. The summed E-state index contributed by atoms with van der Waals surface area (Å²) in [6.45, 7) is 2.37. The number of thioether (sulfide) groups is 1. The van der Waals surface area contributed by atoms with Gasteiger partial charge in [0.15, 0.2) is 0 Å². The molecule has 0 spiro atoms. The number of amides is 2. The third-order valence-corrected chi connectivity index (χ3v) is 6.82. The molecule has 1 fully saturated rings. The molecule has 0 radical (unpaired) electrons. The van der Waals surface area contributed by atoms with Gasteiger partial charge in [0.25, 0.3) is 11.1 Å². The number of rotatable bonds is 6. The van der Waals surface area contributed by atoms with Crippen molar-refractivity contribution in [1.82, 2.24) is 10.3 Å². The molecule has 1 N–H and O–H groups in total. The van der Waals surface area contributed by atoms with E-state index in [4.69, 9.17) is 9.15 Å². The summed E-state index contributed by atoms with van der Waals surface area (Å²) in [4.78, 5) is 28.3.